The normalized spacial score (nSPS) is 19.3. The zero-order chi connectivity index (χ0) is 25.0. The molecular formula is C29H36N4O2. The summed E-state index contributed by atoms with van der Waals surface area (Å²) < 4.78 is 0. The van der Waals surface area contributed by atoms with Gasteiger partial charge in [-0.1, -0.05) is 64.7 Å². The molecule has 1 aliphatic heterocycles. The number of hydrogen-bond acceptors (Lipinski definition) is 4. The van der Waals surface area contributed by atoms with Crippen LogP contribution in [0.2, 0.25) is 0 Å². The van der Waals surface area contributed by atoms with E-state index in [-0.39, 0.29) is 23.3 Å². The first-order valence-corrected chi connectivity index (χ1v) is 12.7. The first kappa shape index (κ1) is 24.8. The highest BCUT2D eigenvalue weighted by Crippen LogP contribution is 2.33. The Morgan fingerprint density at radius 3 is 2.37 bits per heavy atom. The van der Waals surface area contributed by atoms with Gasteiger partial charge in [0.25, 0.3) is 5.91 Å². The van der Waals surface area contributed by atoms with Gasteiger partial charge in [0.05, 0.1) is 0 Å². The lowest BCUT2D eigenvalue weighted by Gasteiger charge is -2.42. The van der Waals surface area contributed by atoms with E-state index < -0.39 is 12.1 Å². The maximum absolute atomic E-state index is 14.0. The van der Waals surface area contributed by atoms with Crippen LogP contribution in [-0.4, -0.2) is 40.3 Å². The summed E-state index contributed by atoms with van der Waals surface area (Å²) in [5.74, 6) is -0.338. The minimum atomic E-state index is -0.834. The van der Waals surface area contributed by atoms with Gasteiger partial charge in [-0.05, 0) is 48.4 Å². The molecule has 2 fully saturated rings. The Bertz CT molecular complexity index is 1060. The molecule has 0 bridgehead atoms. The molecule has 1 saturated carbocycles. The highest BCUT2D eigenvalue weighted by atomic mass is 16.2. The number of carbonyl (C=O) groups excluding carboxylic acids is 2. The second-order valence-corrected chi connectivity index (χ2v) is 10.7. The van der Waals surface area contributed by atoms with Crippen molar-refractivity contribution in [3.05, 3.63) is 59.9 Å². The molecule has 0 spiro atoms. The second-order valence-electron chi connectivity index (χ2n) is 10.7. The van der Waals surface area contributed by atoms with E-state index >= 15 is 0 Å². The summed E-state index contributed by atoms with van der Waals surface area (Å²) in [5, 5.41) is 3.24. The van der Waals surface area contributed by atoms with Gasteiger partial charge in [-0.3, -0.25) is 19.5 Å². The van der Waals surface area contributed by atoms with Crippen LogP contribution in [0, 0.1) is 12.5 Å². The number of hydrogen-bond donors (Lipinski definition) is 1. The number of nitrogens with one attached hydrogen (secondary N) is 1. The zero-order valence-electron chi connectivity index (χ0n) is 21.0. The molecule has 1 aromatic carbocycles. The largest absolute Gasteiger partial charge is 0.351 e. The fraction of sp³-hybridized carbons (Fsp3) is 0.483. The van der Waals surface area contributed by atoms with Crippen LogP contribution < -0.4 is 10.2 Å². The lowest BCUT2D eigenvalue weighted by Crippen LogP contribution is -2.57. The van der Waals surface area contributed by atoms with E-state index in [9.17, 15) is 9.59 Å². The maximum atomic E-state index is 14.0. The number of rotatable bonds is 6. The third-order valence-corrected chi connectivity index (χ3v) is 7.18. The molecule has 2 aromatic rings. The van der Waals surface area contributed by atoms with E-state index in [2.05, 4.69) is 37.1 Å². The molecule has 2 heterocycles. The average Bonchev–Trinajstić information content (AvgIpc) is 2.82. The zero-order valence-corrected chi connectivity index (χ0v) is 21.0. The van der Waals surface area contributed by atoms with Crippen molar-refractivity contribution in [2.45, 2.75) is 82.8 Å². The number of likely N-dealkylation sites (tertiary alicyclic amines) is 1. The first-order valence-electron chi connectivity index (χ1n) is 12.7. The van der Waals surface area contributed by atoms with Crippen molar-refractivity contribution in [1.82, 2.24) is 15.2 Å². The molecule has 4 rings (SSSR count). The van der Waals surface area contributed by atoms with Crippen molar-refractivity contribution in [3.8, 4) is 12.5 Å². The Labute approximate surface area is 209 Å². The van der Waals surface area contributed by atoms with Crippen molar-refractivity contribution < 1.29 is 9.59 Å². The summed E-state index contributed by atoms with van der Waals surface area (Å²) in [6.07, 6.45) is 15.0. The van der Waals surface area contributed by atoms with Crippen LogP contribution in [0.15, 0.2) is 48.8 Å². The third kappa shape index (κ3) is 5.51. The average molecular weight is 473 g/mol. The quantitative estimate of drug-likeness (QED) is 0.626. The van der Waals surface area contributed by atoms with Crippen molar-refractivity contribution in [2.24, 2.45) is 0 Å². The van der Waals surface area contributed by atoms with Crippen LogP contribution in [0.25, 0.3) is 0 Å². The molecule has 6 nitrogen and oxygen atoms in total. The van der Waals surface area contributed by atoms with Gasteiger partial charge in [0.15, 0.2) is 0 Å². The number of benzene rings is 1. The molecule has 0 radical (unpaired) electrons. The van der Waals surface area contributed by atoms with Crippen molar-refractivity contribution in [3.63, 3.8) is 0 Å². The van der Waals surface area contributed by atoms with Crippen molar-refractivity contribution >= 4 is 17.5 Å². The van der Waals surface area contributed by atoms with Gasteiger partial charge >= 0.3 is 0 Å². The number of aromatic nitrogens is 1. The van der Waals surface area contributed by atoms with E-state index in [4.69, 9.17) is 6.42 Å². The summed E-state index contributed by atoms with van der Waals surface area (Å²) in [5.41, 5.74) is 2.50. The Hall–Kier alpha value is -3.33. The van der Waals surface area contributed by atoms with Gasteiger partial charge in [-0.25, -0.2) is 0 Å². The first-order chi connectivity index (χ1) is 16.8. The molecule has 0 unspecified atom stereocenters. The molecule has 1 aromatic heterocycles. The van der Waals surface area contributed by atoms with Crippen LogP contribution in [0.3, 0.4) is 0 Å². The summed E-state index contributed by atoms with van der Waals surface area (Å²) >= 11 is 0. The second kappa shape index (κ2) is 10.5. The fourth-order valence-corrected chi connectivity index (χ4v) is 4.97. The number of carbonyl (C=O) groups is 2. The van der Waals surface area contributed by atoms with E-state index in [1.165, 1.54) is 6.42 Å². The van der Waals surface area contributed by atoms with Crippen molar-refractivity contribution in [1.29, 1.82) is 0 Å². The molecule has 35 heavy (non-hydrogen) atoms. The van der Waals surface area contributed by atoms with Crippen LogP contribution in [-0.2, 0) is 15.0 Å². The Morgan fingerprint density at radius 1 is 1.11 bits per heavy atom. The van der Waals surface area contributed by atoms with E-state index in [0.717, 1.165) is 31.2 Å². The van der Waals surface area contributed by atoms with Gasteiger partial charge in [-0.2, -0.15) is 0 Å². The van der Waals surface area contributed by atoms with Gasteiger partial charge in [0.1, 0.15) is 12.1 Å². The third-order valence-electron chi connectivity index (χ3n) is 7.18. The summed E-state index contributed by atoms with van der Waals surface area (Å²) in [7, 11) is 0. The Morgan fingerprint density at radius 2 is 1.83 bits per heavy atom. The standard InChI is InChI=1S/C29H36N4O2/c1-5-32-19-17-25(32)28(35)33(24-15-13-22(14-16-24)29(2,3)4)26(21-10-9-18-30-20-21)27(34)31-23-11-7-6-8-12-23/h1,9-10,13-16,18,20,23,25-26H,6-8,11-12,17,19H2,2-4H3,(H,31,34)/t25-,26-/m1/s1. The Kier molecular flexibility index (Phi) is 7.45. The predicted octanol–water partition coefficient (Wildman–Crippen LogP) is 4.57. The number of pyridine rings is 1. The van der Waals surface area contributed by atoms with E-state index in [0.29, 0.717) is 24.2 Å². The van der Waals surface area contributed by atoms with E-state index in [1.54, 1.807) is 28.3 Å². The minimum Gasteiger partial charge on any atom is -0.351 e. The topological polar surface area (TPSA) is 65.5 Å². The van der Waals surface area contributed by atoms with E-state index in [1.807, 2.05) is 30.3 Å². The summed E-state index contributed by atoms with van der Waals surface area (Å²) in [6, 6.07) is 13.1. The van der Waals surface area contributed by atoms with Crippen LogP contribution >= 0.6 is 0 Å². The highest BCUT2D eigenvalue weighted by molar-refractivity contribution is 6.04. The summed E-state index contributed by atoms with van der Waals surface area (Å²) in [4.78, 5) is 35.4. The molecule has 1 saturated heterocycles. The molecular weight excluding hydrogens is 436 g/mol. The number of terminal acetylenes is 1. The molecule has 2 amide bonds. The molecule has 2 atom stereocenters. The van der Waals surface area contributed by atoms with Crippen LogP contribution in [0.1, 0.15) is 76.5 Å². The van der Waals surface area contributed by atoms with Gasteiger partial charge < -0.3 is 10.2 Å². The van der Waals surface area contributed by atoms with Crippen molar-refractivity contribution in [2.75, 3.05) is 11.4 Å². The van der Waals surface area contributed by atoms with Gasteiger partial charge in [0.2, 0.25) is 5.91 Å². The van der Waals surface area contributed by atoms with Crippen LogP contribution in [0.4, 0.5) is 5.69 Å². The number of amides is 2. The molecule has 2 aliphatic rings. The lowest BCUT2D eigenvalue weighted by atomic mass is 9.87. The fourth-order valence-electron chi connectivity index (χ4n) is 4.97. The molecule has 184 valence electrons. The maximum Gasteiger partial charge on any atom is 0.251 e. The molecule has 6 heteroatoms. The number of nitrogens with zero attached hydrogens (tertiary/aromatic N) is 3. The Balaban J connectivity index is 1.75. The molecule has 1 N–H and O–H groups in total. The minimum absolute atomic E-state index is 0.0251. The monoisotopic (exact) mass is 472 g/mol. The predicted molar refractivity (Wildman–Crippen MR) is 139 cm³/mol. The molecule has 1 aliphatic carbocycles. The number of anilines is 1. The van der Waals surface area contributed by atoms with Gasteiger partial charge in [-0.15, -0.1) is 0 Å². The smallest absolute Gasteiger partial charge is 0.251 e. The summed E-state index contributed by atoms with van der Waals surface area (Å²) in [6.45, 7) is 7.13. The lowest BCUT2D eigenvalue weighted by molar-refractivity contribution is -0.130. The SMILES string of the molecule is C#CN1CC[C@@H]1C(=O)N(c1ccc(C(C)(C)C)cc1)[C@@H](C(=O)NC1CCCCC1)c1cccnc1. The van der Waals surface area contributed by atoms with Gasteiger partial charge in [0, 0.05) is 42.3 Å². The van der Waals surface area contributed by atoms with Crippen LogP contribution in [0.5, 0.6) is 0 Å². The highest BCUT2D eigenvalue weighted by Gasteiger charge is 2.42.